The second kappa shape index (κ2) is 9.39. The summed E-state index contributed by atoms with van der Waals surface area (Å²) in [5.41, 5.74) is 2.16. The van der Waals surface area contributed by atoms with Crippen molar-refractivity contribution in [2.24, 2.45) is 4.99 Å². The van der Waals surface area contributed by atoms with Crippen LogP contribution in [0.1, 0.15) is 37.7 Å². The van der Waals surface area contributed by atoms with Crippen molar-refractivity contribution in [2.45, 2.75) is 32.7 Å². The number of benzene rings is 2. The van der Waals surface area contributed by atoms with Gasteiger partial charge in [-0.1, -0.05) is 48.5 Å². The Morgan fingerprint density at radius 2 is 1.87 bits per heavy atom. The molecule has 1 atom stereocenters. The number of hydrogen-bond acceptors (Lipinski definition) is 3. The molecule has 0 saturated carbocycles. The first kappa shape index (κ1) is 19.9. The number of aryl methyl sites for hydroxylation is 1. The Kier molecular flexibility index (Phi) is 6.23. The Labute approximate surface area is 177 Å². The number of pyridine rings is 1. The third-order valence-electron chi connectivity index (χ3n) is 5.20. The number of fused-ring (bicyclic) bond motifs is 2. The van der Waals surface area contributed by atoms with Crippen LogP contribution in [-0.4, -0.2) is 33.6 Å². The summed E-state index contributed by atoms with van der Waals surface area (Å²) in [5, 5.41) is 18.0. The molecule has 0 aliphatic carbocycles. The van der Waals surface area contributed by atoms with Crippen LogP contribution in [0.25, 0.3) is 16.4 Å². The predicted molar refractivity (Wildman–Crippen MR) is 123 cm³/mol. The molecule has 0 aliphatic rings. The lowest BCUT2D eigenvalue weighted by atomic mass is 10.00. The summed E-state index contributed by atoms with van der Waals surface area (Å²) in [5.74, 6) is 1.81. The molecule has 4 aromatic rings. The van der Waals surface area contributed by atoms with Crippen LogP contribution in [0.5, 0.6) is 0 Å². The van der Waals surface area contributed by atoms with Crippen molar-refractivity contribution in [3.8, 4) is 0 Å². The van der Waals surface area contributed by atoms with Gasteiger partial charge in [-0.15, -0.1) is 10.2 Å². The van der Waals surface area contributed by atoms with Gasteiger partial charge in [0.05, 0.1) is 6.04 Å². The van der Waals surface area contributed by atoms with Gasteiger partial charge in [0.15, 0.2) is 11.6 Å². The molecule has 0 aliphatic heterocycles. The first-order valence-electron chi connectivity index (χ1n) is 10.6. The quantitative estimate of drug-likeness (QED) is 0.278. The fourth-order valence-corrected chi connectivity index (χ4v) is 3.72. The van der Waals surface area contributed by atoms with Gasteiger partial charge in [-0.25, -0.2) is 0 Å². The Bertz CT molecular complexity index is 1140. The van der Waals surface area contributed by atoms with Gasteiger partial charge in [0.1, 0.15) is 5.82 Å². The average molecular weight is 401 g/mol. The van der Waals surface area contributed by atoms with Gasteiger partial charge in [-0.2, -0.15) is 0 Å². The molecule has 0 fully saturated rings. The van der Waals surface area contributed by atoms with E-state index in [-0.39, 0.29) is 6.04 Å². The van der Waals surface area contributed by atoms with E-state index in [0.717, 1.165) is 43.4 Å². The lowest BCUT2D eigenvalue weighted by Gasteiger charge is -2.19. The molecule has 2 heterocycles. The van der Waals surface area contributed by atoms with E-state index in [1.807, 2.05) is 28.8 Å². The Morgan fingerprint density at radius 1 is 1.03 bits per heavy atom. The Morgan fingerprint density at radius 3 is 2.77 bits per heavy atom. The molecule has 1 unspecified atom stereocenters. The molecule has 6 nitrogen and oxygen atoms in total. The number of rotatable bonds is 7. The summed E-state index contributed by atoms with van der Waals surface area (Å²) in [6.07, 6.45) is 3.76. The molecule has 0 spiro atoms. The number of aromatic nitrogens is 3. The highest BCUT2D eigenvalue weighted by Crippen LogP contribution is 2.23. The summed E-state index contributed by atoms with van der Waals surface area (Å²) in [7, 11) is 0. The van der Waals surface area contributed by atoms with Gasteiger partial charge >= 0.3 is 0 Å². The minimum absolute atomic E-state index is 0.148. The first-order valence-corrected chi connectivity index (χ1v) is 10.6. The van der Waals surface area contributed by atoms with E-state index in [1.54, 1.807) is 0 Å². The van der Waals surface area contributed by atoms with Crippen molar-refractivity contribution in [2.75, 3.05) is 13.1 Å². The van der Waals surface area contributed by atoms with Crippen molar-refractivity contribution in [3.63, 3.8) is 0 Å². The number of nitrogens with one attached hydrogen (secondary N) is 2. The van der Waals surface area contributed by atoms with Crippen molar-refractivity contribution in [1.82, 2.24) is 25.2 Å². The smallest absolute Gasteiger partial charge is 0.191 e. The van der Waals surface area contributed by atoms with Crippen LogP contribution >= 0.6 is 0 Å². The van der Waals surface area contributed by atoms with Crippen molar-refractivity contribution in [3.05, 3.63) is 78.2 Å². The van der Waals surface area contributed by atoms with E-state index in [2.05, 4.69) is 77.1 Å². The topological polar surface area (TPSA) is 66.6 Å². The molecule has 2 N–H and O–H groups in total. The van der Waals surface area contributed by atoms with Gasteiger partial charge in [0, 0.05) is 25.7 Å². The van der Waals surface area contributed by atoms with E-state index in [9.17, 15) is 0 Å². The molecule has 0 bridgehead atoms. The van der Waals surface area contributed by atoms with Crippen LogP contribution in [0, 0.1) is 0 Å². The van der Waals surface area contributed by atoms with Gasteiger partial charge in [0.2, 0.25) is 0 Å². The monoisotopic (exact) mass is 400 g/mol. The zero-order valence-electron chi connectivity index (χ0n) is 17.5. The van der Waals surface area contributed by atoms with E-state index in [1.165, 1.54) is 16.3 Å². The van der Waals surface area contributed by atoms with E-state index in [0.29, 0.717) is 0 Å². The van der Waals surface area contributed by atoms with Crippen LogP contribution in [0.3, 0.4) is 0 Å². The zero-order chi connectivity index (χ0) is 20.8. The van der Waals surface area contributed by atoms with E-state index >= 15 is 0 Å². The molecule has 30 heavy (non-hydrogen) atoms. The van der Waals surface area contributed by atoms with Gasteiger partial charge in [-0.3, -0.25) is 9.39 Å². The van der Waals surface area contributed by atoms with Crippen LogP contribution in [0.15, 0.2) is 71.9 Å². The number of aliphatic imine (C=N–C) groups is 1. The van der Waals surface area contributed by atoms with Gasteiger partial charge < -0.3 is 10.6 Å². The molecule has 2 aromatic carbocycles. The van der Waals surface area contributed by atoms with Crippen LogP contribution in [-0.2, 0) is 6.42 Å². The standard InChI is InChI=1S/C24H28N6/c1-3-25-24(26-16-9-15-23-29-28-22-14-6-7-17-30(22)23)27-18(2)20-13-8-11-19-10-4-5-12-21(19)20/h4-8,10-14,17-18H,3,9,15-16H2,1-2H3,(H2,25,26,27). The van der Waals surface area contributed by atoms with Gasteiger partial charge in [-0.05, 0) is 48.7 Å². The second-order valence-electron chi connectivity index (χ2n) is 7.34. The Balaban J connectivity index is 1.41. The summed E-state index contributed by atoms with van der Waals surface area (Å²) in [6, 6.07) is 21.0. The van der Waals surface area contributed by atoms with Crippen LogP contribution in [0.4, 0.5) is 0 Å². The minimum atomic E-state index is 0.148. The number of guanidine groups is 1. The maximum Gasteiger partial charge on any atom is 0.191 e. The van der Waals surface area contributed by atoms with Crippen molar-refractivity contribution >= 4 is 22.4 Å². The largest absolute Gasteiger partial charge is 0.357 e. The first-order chi connectivity index (χ1) is 14.8. The maximum absolute atomic E-state index is 4.78. The molecule has 4 rings (SSSR count). The maximum atomic E-state index is 4.78. The van der Waals surface area contributed by atoms with Crippen LogP contribution in [0.2, 0.25) is 0 Å². The highest BCUT2D eigenvalue weighted by Gasteiger charge is 2.11. The average Bonchev–Trinajstić information content (AvgIpc) is 3.19. The fourth-order valence-electron chi connectivity index (χ4n) is 3.72. The SMILES string of the molecule is CCNC(=NCCCc1nnc2ccccn12)NC(C)c1cccc2ccccc12. The summed E-state index contributed by atoms with van der Waals surface area (Å²) >= 11 is 0. The highest BCUT2D eigenvalue weighted by molar-refractivity contribution is 5.87. The predicted octanol–water partition coefficient (Wildman–Crippen LogP) is 4.13. The molecular weight excluding hydrogens is 372 g/mol. The third-order valence-corrected chi connectivity index (χ3v) is 5.20. The number of hydrogen-bond donors (Lipinski definition) is 2. The van der Waals surface area contributed by atoms with Crippen molar-refractivity contribution < 1.29 is 0 Å². The van der Waals surface area contributed by atoms with E-state index < -0.39 is 0 Å². The second-order valence-corrected chi connectivity index (χ2v) is 7.34. The third kappa shape index (κ3) is 4.43. The normalized spacial score (nSPS) is 12.9. The zero-order valence-corrected chi connectivity index (χ0v) is 17.5. The summed E-state index contributed by atoms with van der Waals surface area (Å²) < 4.78 is 2.04. The number of nitrogens with zero attached hydrogens (tertiary/aromatic N) is 4. The lowest BCUT2D eigenvalue weighted by Crippen LogP contribution is -2.38. The fraction of sp³-hybridized carbons (Fsp3) is 0.292. The molecule has 0 radical (unpaired) electrons. The molecule has 0 amide bonds. The minimum Gasteiger partial charge on any atom is -0.357 e. The Hall–Kier alpha value is -3.41. The molecule has 2 aromatic heterocycles. The lowest BCUT2D eigenvalue weighted by molar-refractivity contribution is 0.685. The molecule has 6 heteroatoms. The summed E-state index contributed by atoms with van der Waals surface area (Å²) in [4.78, 5) is 4.78. The van der Waals surface area contributed by atoms with E-state index in [4.69, 9.17) is 4.99 Å². The summed E-state index contributed by atoms with van der Waals surface area (Å²) in [6.45, 7) is 5.81. The van der Waals surface area contributed by atoms with Crippen LogP contribution < -0.4 is 10.6 Å². The molecule has 154 valence electrons. The highest BCUT2D eigenvalue weighted by atomic mass is 15.2. The molecule has 0 saturated heterocycles. The van der Waals surface area contributed by atoms with Gasteiger partial charge in [0.25, 0.3) is 0 Å². The van der Waals surface area contributed by atoms with Crippen molar-refractivity contribution in [1.29, 1.82) is 0 Å². The molecular formula is C24H28N6.